The topological polar surface area (TPSA) is 35.8 Å². The van der Waals surface area contributed by atoms with Crippen LogP contribution >= 0.6 is 0 Å². The Hall–Kier alpha value is -3.60. The van der Waals surface area contributed by atoms with Crippen molar-refractivity contribution >= 4 is 11.9 Å². The predicted molar refractivity (Wildman–Crippen MR) is 140 cm³/mol. The van der Waals surface area contributed by atoms with Crippen molar-refractivity contribution in [3.63, 3.8) is 0 Å². The van der Waals surface area contributed by atoms with Crippen LogP contribution in [-0.2, 0) is 16.1 Å². The summed E-state index contributed by atoms with van der Waals surface area (Å²) >= 11 is 0. The molecule has 3 aromatic carbocycles. The van der Waals surface area contributed by atoms with Crippen LogP contribution in [0.4, 0.5) is 0 Å². The van der Waals surface area contributed by atoms with E-state index >= 15 is 0 Å². The normalized spacial score (nSPS) is 18.0. The second-order valence-electron chi connectivity index (χ2n) is 10.2. The van der Waals surface area contributed by atoms with Gasteiger partial charge in [-0.15, -0.1) is 0 Å². The van der Waals surface area contributed by atoms with Crippen LogP contribution in [0, 0.1) is 0 Å². The fourth-order valence-corrected chi connectivity index (χ4v) is 5.01. The maximum Gasteiger partial charge on any atom is 0.352 e. The zero-order chi connectivity index (χ0) is 25.0. The zero-order valence-corrected chi connectivity index (χ0v) is 21.4. The third-order valence-corrected chi connectivity index (χ3v) is 6.29. The first-order valence-electron chi connectivity index (χ1n) is 12.2. The standard InChI is InChI=1S/C30H36N3O2/c1-30(2,3)35-26(34)22-33(21-23-15-9-6-10-16-23)29-31(4)27(24-17-11-7-12-18-24)28(32(29)5)25-19-13-8-14-20-25/h6-20,27-28H,21-22H2,1-5H3/q+1/t27-,28-/m0/s1. The number of benzene rings is 3. The molecule has 0 aliphatic carbocycles. The second kappa shape index (κ2) is 10.3. The molecule has 0 spiro atoms. The molecule has 1 saturated heterocycles. The molecular weight excluding hydrogens is 434 g/mol. The van der Waals surface area contributed by atoms with Gasteiger partial charge in [0.2, 0.25) is 0 Å². The first-order chi connectivity index (χ1) is 16.7. The third kappa shape index (κ3) is 5.73. The SMILES string of the molecule is CN1C(=[N+](CC(=O)OC(C)(C)C)Cc2ccccc2)N(C)[C@@H](c2ccccc2)[C@@H]1c1ccccc1. The molecule has 1 heterocycles. The van der Waals surface area contributed by atoms with E-state index in [-0.39, 0.29) is 24.6 Å². The van der Waals surface area contributed by atoms with E-state index in [1.807, 2.05) is 39.0 Å². The molecule has 1 aliphatic heterocycles. The summed E-state index contributed by atoms with van der Waals surface area (Å²) in [5.41, 5.74) is 3.09. The van der Waals surface area contributed by atoms with Crippen LogP contribution < -0.4 is 0 Å². The number of carbonyl (C=O) groups is 1. The van der Waals surface area contributed by atoms with Gasteiger partial charge in [-0.1, -0.05) is 91.0 Å². The molecule has 2 atom stereocenters. The molecule has 0 saturated carbocycles. The van der Waals surface area contributed by atoms with Crippen molar-refractivity contribution in [2.45, 2.75) is 45.0 Å². The van der Waals surface area contributed by atoms with E-state index in [2.05, 4.69) is 101 Å². The van der Waals surface area contributed by atoms with Crippen molar-refractivity contribution < 1.29 is 14.1 Å². The number of rotatable bonds is 6. The van der Waals surface area contributed by atoms with E-state index in [1.165, 1.54) is 11.1 Å². The maximum atomic E-state index is 13.0. The maximum absolute atomic E-state index is 13.0. The summed E-state index contributed by atoms with van der Waals surface area (Å²) < 4.78 is 7.87. The molecule has 1 aliphatic rings. The molecule has 1 fully saturated rings. The van der Waals surface area contributed by atoms with Crippen LogP contribution in [0.1, 0.15) is 49.5 Å². The lowest BCUT2D eigenvalue weighted by Gasteiger charge is -2.22. The van der Waals surface area contributed by atoms with Gasteiger partial charge in [0.05, 0.1) is 20.6 Å². The summed E-state index contributed by atoms with van der Waals surface area (Å²) in [6.07, 6.45) is 0. The van der Waals surface area contributed by atoms with E-state index in [1.54, 1.807) is 0 Å². The Morgan fingerprint density at radius 2 is 1.20 bits per heavy atom. The molecule has 0 N–H and O–H groups in total. The van der Waals surface area contributed by atoms with Gasteiger partial charge in [-0.25, -0.2) is 9.37 Å². The lowest BCUT2D eigenvalue weighted by molar-refractivity contribution is -0.543. The van der Waals surface area contributed by atoms with Crippen LogP contribution in [0.15, 0.2) is 91.0 Å². The van der Waals surface area contributed by atoms with Crippen molar-refractivity contribution in [3.8, 4) is 0 Å². The van der Waals surface area contributed by atoms with Crippen LogP contribution in [-0.4, -0.2) is 52.5 Å². The highest BCUT2D eigenvalue weighted by Crippen LogP contribution is 2.43. The molecule has 0 amide bonds. The lowest BCUT2D eigenvalue weighted by Crippen LogP contribution is -2.41. The van der Waals surface area contributed by atoms with Gasteiger partial charge in [-0.3, -0.25) is 9.80 Å². The van der Waals surface area contributed by atoms with Crippen molar-refractivity contribution in [1.82, 2.24) is 9.80 Å². The van der Waals surface area contributed by atoms with Crippen LogP contribution in [0.25, 0.3) is 0 Å². The van der Waals surface area contributed by atoms with Crippen LogP contribution in [0.3, 0.4) is 0 Å². The number of hydrogen-bond acceptors (Lipinski definition) is 2. The summed E-state index contributed by atoms with van der Waals surface area (Å²) in [5, 5.41) is 0. The molecule has 3 aromatic rings. The number of carbonyl (C=O) groups excluding carboxylic acids is 1. The minimum atomic E-state index is -0.535. The summed E-state index contributed by atoms with van der Waals surface area (Å²) in [4.78, 5) is 17.6. The van der Waals surface area contributed by atoms with Crippen molar-refractivity contribution in [2.75, 3.05) is 20.6 Å². The number of ether oxygens (including phenoxy) is 1. The highest BCUT2D eigenvalue weighted by atomic mass is 16.6. The Bertz CT molecular complexity index is 1100. The fraction of sp³-hybridized carbons (Fsp3) is 0.333. The van der Waals surface area contributed by atoms with Crippen LogP contribution in [0.2, 0.25) is 0 Å². The smallest absolute Gasteiger partial charge is 0.352 e. The quantitative estimate of drug-likeness (QED) is 0.364. The number of guanidine groups is 1. The van der Waals surface area contributed by atoms with E-state index in [4.69, 9.17) is 4.74 Å². The first-order valence-corrected chi connectivity index (χ1v) is 12.2. The van der Waals surface area contributed by atoms with Gasteiger partial charge in [0, 0.05) is 0 Å². The van der Waals surface area contributed by atoms with Gasteiger partial charge in [0.25, 0.3) is 0 Å². The molecule has 35 heavy (non-hydrogen) atoms. The van der Waals surface area contributed by atoms with Crippen molar-refractivity contribution in [1.29, 1.82) is 0 Å². The molecule has 5 nitrogen and oxygen atoms in total. The lowest BCUT2D eigenvalue weighted by atomic mass is 9.93. The molecule has 0 unspecified atom stereocenters. The Balaban J connectivity index is 1.82. The first kappa shape index (κ1) is 24.5. The summed E-state index contributed by atoms with van der Waals surface area (Å²) in [6.45, 7) is 6.49. The van der Waals surface area contributed by atoms with E-state index < -0.39 is 5.60 Å². The molecule has 5 heteroatoms. The Morgan fingerprint density at radius 1 is 0.771 bits per heavy atom. The molecule has 0 radical (unpaired) electrons. The monoisotopic (exact) mass is 470 g/mol. The van der Waals surface area contributed by atoms with Crippen LogP contribution in [0.5, 0.6) is 0 Å². The largest absolute Gasteiger partial charge is 0.458 e. The Labute approximate surface area is 209 Å². The number of hydrogen-bond donors (Lipinski definition) is 0. The van der Waals surface area contributed by atoms with Crippen molar-refractivity contribution in [2.24, 2.45) is 0 Å². The highest BCUT2D eigenvalue weighted by molar-refractivity contribution is 5.80. The minimum absolute atomic E-state index is 0.0931. The average molecular weight is 471 g/mol. The van der Waals surface area contributed by atoms with E-state index in [9.17, 15) is 4.79 Å². The third-order valence-electron chi connectivity index (χ3n) is 6.29. The van der Waals surface area contributed by atoms with Gasteiger partial charge in [-0.2, -0.15) is 0 Å². The number of nitrogens with zero attached hydrogens (tertiary/aromatic N) is 3. The van der Waals surface area contributed by atoms with Gasteiger partial charge >= 0.3 is 11.9 Å². The Morgan fingerprint density at radius 3 is 1.63 bits per heavy atom. The van der Waals surface area contributed by atoms with Gasteiger partial charge in [-0.05, 0) is 37.5 Å². The van der Waals surface area contributed by atoms with Gasteiger partial charge in [0.1, 0.15) is 17.7 Å². The number of esters is 1. The average Bonchev–Trinajstić information content (AvgIpc) is 3.09. The molecule has 4 rings (SSSR count). The zero-order valence-electron chi connectivity index (χ0n) is 21.4. The minimum Gasteiger partial charge on any atom is -0.458 e. The van der Waals surface area contributed by atoms with Gasteiger partial charge < -0.3 is 4.74 Å². The fourth-order valence-electron chi connectivity index (χ4n) is 5.01. The molecule has 0 bridgehead atoms. The summed E-state index contributed by atoms with van der Waals surface area (Å²) in [7, 11) is 4.25. The summed E-state index contributed by atoms with van der Waals surface area (Å²) in [5.74, 6) is 0.768. The Kier molecular flexibility index (Phi) is 7.25. The predicted octanol–water partition coefficient (Wildman–Crippen LogP) is 5.26. The van der Waals surface area contributed by atoms with Crippen molar-refractivity contribution in [3.05, 3.63) is 108 Å². The summed E-state index contributed by atoms with van der Waals surface area (Å²) in [6, 6.07) is 31.7. The van der Waals surface area contributed by atoms with E-state index in [0.717, 1.165) is 11.5 Å². The molecule has 182 valence electrons. The highest BCUT2D eigenvalue weighted by Gasteiger charge is 2.50. The second-order valence-corrected chi connectivity index (χ2v) is 10.2. The number of likely N-dealkylation sites (N-methyl/N-ethyl adjacent to an activating group) is 2. The molecule has 0 aromatic heterocycles. The molecular formula is C30H36N3O2+. The van der Waals surface area contributed by atoms with E-state index in [0.29, 0.717) is 6.54 Å². The van der Waals surface area contributed by atoms with Gasteiger partial charge in [0.15, 0.2) is 6.54 Å².